The summed E-state index contributed by atoms with van der Waals surface area (Å²) in [5.74, 6) is 5.64. The zero-order valence-corrected chi connectivity index (χ0v) is 21.6. The lowest BCUT2D eigenvalue weighted by Gasteiger charge is -2.18. The molecule has 5 heterocycles. The minimum atomic E-state index is -0.665. The summed E-state index contributed by atoms with van der Waals surface area (Å²) >= 11 is 0. The van der Waals surface area contributed by atoms with Crippen molar-refractivity contribution in [2.45, 2.75) is 13.0 Å². The third-order valence-electron chi connectivity index (χ3n) is 6.38. The molecule has 11 heteroatoms. The van der Waals surface area contributed by atoms with Crippen LogP contribution in [0, 0.1) is 11.8 Å². The fraction of sp³-hybridized carbons (Fsp3) is 0.103. The molecule has 0 aliphatic carbocycles. The Hall–Kier alpha value is -5.76. The summed E-state index contributed by atoms with van der Waals surface area (Å²) in [6, 6.07) is 17.3. The number of hydrogen-bond acceptors (Lipinski definition) is 7. The number of benzene rings is 1. The molecule has 11 nitrogen and oxygen atoms in total. The molecule has 6 rings (SSSR count). The molecule has 0 saturated heterocycles. The number of hydrogen-bond donors (Lipinski definition) is 2. The maximum Gasteiger partial charge on any atom is 0.267 e. The molecule has 6 aromatic rings. The van der Waals surface area contributed by atoms with Gasteiger partial charge in [-0.1, -0.05) is 36.4 Å². The van der Waals surface area contributed by atoms with Gasteiger partial charge < -0.3 is 11.1 Å². The topological polar surface area (TPSA) is 138 Å². The summed E-state index contributed by atoms with van der Waals surface area (Å²) in [6.45, 7) is 1.77. The number of carbonyl (C=O) groups excluding carboxylic acids is 1. The van der Waals surface area contributed by atoms with Gasteiger partial charge in [0.1, 0.15) is 22.6 Å². The van der Waals surface area contributed by atoms with Gasteiger partial charge in [0.15, 0.2) is 11.5 Å². The molecular formula is C29H23N9O2. The average Bonchev–Trinajstić information content (AvgIpc) is 3.53. The summed E-state index contributed by atoms with van der Waals surface area (Å²) in [7, 11) is 1.81. The highest BCUT2D eigenvalue weighted by Gasteiger charge is 2.25. The molecule has 0 spiro atoms. The number of amides is 1. The molecule has 0 aliphatic heterocycles. The molecule has 0 radical (unpaired) electrons. The molecule has 1 atom stereocenters. The number of aryl methyl sites for hydroxylation is 1. The van der Waals surface area contributed by atoms with E-state index in [1.807, 2.05) is 37.4 Å². The number of carbonyl (C=O) groups is 1. The quantitative estimate of drug-likeness (QED) is 0.335. The van der Waals surface area contributed by atoms with Crippen molar-refractivity contribution in [3.05, 3.63) is 112 Å². The van der Waals surface area contributed by atoms with Crippen LogP contribution in [-0.4, -0.2) is 39.7 Å². The normalized spacial score (nSPS) is 11.8. The average molecular weight is 530 g/mol. The summed E-state index contributed by atoms with van der Waals surface area (Å²) in [5.41, 5.74) is 9.08. The Balaban J connectivity index is 1.48. The van der Waals surface area contributed by atoms with Gasteiger partial charge >= 0.3 is 0 Å². The second kappa shape index (κ2) is 9.85. The van der Waals surface area contributed by atoms with Gasteiger partial charge in [-0.2, -0.15) is 5.10 Å². The molecular weight excluding hydrogens is 506 g/mol. The minimum Gasteiger partial charge on any atom is -0.381 e. The first-order valence-corrected chi connectivity index (χ1v) is 12.4. The molecule has 5 aromatic heterocycles. The van der Waals surface area contributed by atoms with Crippen LogP contribution in [0.3, 0.4) is 0 Å². The number of aromatic nitrogens is 7. The second-order valence-corrected chi connectivity index (χ2v) is 9.12. The van der Waals surface area contributed by atoms with E-state index in [1.54, 1.807) is 60.5 Å². The fourth-order valence-corrected chi connectivity index (χ4v) is 4.55. The first-order valence-electron chi connectivity index (χ1n) is 12.4. The van der Waals surface area contributed by atoms with E-state index in [0.29, 0.717) is 39.5 Å². The number of nitrogens with one attached hydrogen (secondary N) is 1. The van der Waals surface area contributed by atoms with Crippen LogP contribution in [0.5, 0.6) is 0 Å². The lowest BCUT2D eigenvalue weighted by atomic mass is 10.0. The van der Waals surface area contributed by atoms with Crippen LogP contribution in [0.2, 0.25) is 0 Å². The van der Waals surface area contributed by atoms with Crippen LogP contribution in [0.15, 0.2) is 84.0 Å². The fourth-order valence-electron chi connectivity index (χ4n) is 4.55. The maximum absolute atomic E-state index is 14.1. The molecule has 40 heavy (non-hydrogen) atoms. The molecule has 1 aromatic carbocycles. The molecule has 0 unspecified atom stereocenters. The Morgan fingerprint density at radius 1 is 1.00 bits per heavy atom. The van der Waals surface area contributed by atoms with Crippen molar-refractivity contribution >= 4 is 23.0 Å². The number of pyridine rings is 1. The highest BCUT2D eigenvalue weighted by atomic mass is 16.2. The second-order valence-electron chi connectivity index (χ2n) is 9.12. The first-order chi connectivity index (χ1) is 19.4. The van der Waals surface area contributed by atoms with E-state index >= 15 is 0 Å². The Morgan fingerprint density at radius 3 is 2.60 bits per heavy atom. The Kier molecular flexibility index (Phi) is 6.05. The molecule has 0 bridgehead atoms. The van der Waals surface area contributed by atoms with Crippen molar-refractivity contribution in [3.63, 3.8) is 0 Å². The summed E-state index contributed by atoms with van der Waals surface area (Å²) in [5, 5.41) is 11.4. The molecule has 0 saturated carbocycles. The van der Waals surface area contributed by atoms with Crippen LogP contribution < -0.4 is 16.6 Å². The van der Waals surface area contributed by atoms with E-state index < -0.39 is 11.9 Å². The predicted octanol–water partition coefficient (Wildman–Crippen LogP) is 2.61. The van der Waals surface area contributed by atoms with Gasteiger partial charge in [-0.25, -0.2) is 14.5 Å². The lowest BCUT2D eigenvalue weighted by molar-refractivity contribution is 0.0941. The predicted molar refractivity (Wildman–Crippen MR) is 149 cm³/mol. The molecule has 1 amide bonds. The minimum absolute atomic E-state index is 0.0503. The van der Waals surface area contributed by atoms with E-state index in [9.17, 15) is 9.59 Å². The van der Waals surface area contributed by atoms with Gasteiger partial charge in [-0.05, 0) is 48.6 Å². The Bertz CT molecular complexity index is 2030. The van der Waals surface area contributed by atoms with Crippen molar-refractivity contribution in [2.75, 3.05) is 5.73 Å². The van der Waals surface area contributed by atoms with Crippen LogP contribution >= 0.6 is 0 Å². The maximum atomic E-state index is 14.1. The number of nitrogens with two attached hydrogens (primary N) is 1. The number of nitrogens with zero attached hydrogens (tertiary/aromatic N) is 7. The van der Waals surface area contributed by atoms with Gasteiger partial charge in [0.05, 0.1) is 17.3 Å². The molecule has 196 valence electrons. The Morgan fingerprint density at radius 2 is 1.82 bits per heavy atom. The van der Waals surface area contributed by atoms with Crippen molar-refractivity contribution in [1.29, 1.82) is 0 Å². The van der Waals surface area contributed by atoms with Crippen LogP contribution in [0.4, 0.5) is 5.82 Å². The standard InChI is InChI=1S/C29H23N9O2/c1-18(32-28(39)24-26(30)35-37-16-7-15-31-27(24)37)25-23(19-8-4-3-5-9-19)29(40)38-21(10-6-11-22(38)33-25)13-12-20-14-17-36(2)34-20/h3-11,14-18H,1-2H3,(H2,30,35)(H,32,39)/t18-/m1/s1. The molecule has 0 aliphatic rings. The molecule has 0 fully saturated rings. The number of nitrogen functional groups attached to an aromatic ring is 1. The van der Waals surface area contributed by atoms with E-state index in [-0.39, 0.29) is 16.9 Å². The first kappa shape index (κ1) is 24.6. The smallest absolute Gasteiger partial charge is 0.267 e. The highest BCUT2D eigenvalue weighted by Crippen LogP contribution is 2.26. The zero-order valence-electron chi connectivity index (χ0n) is 21.6. The van der Waals surface area contributed by atoms with Crippen molar-refractivity contribution in [1.82, 2.24) is 39.1 Å². The van der Waals surface area contributed by atoms with Crippen LogP contribution in [-0.2, 0) is 7.05 Å². The van der Waals surface area contributed by atoms with Crippen molar-refractivity contribution < 1.29 is 4.79 Å². The summed E-state index contributed by atoms with van der Waals surface area (Å²) in [6.07, 6.45) is 5.02. The van der Waals surface area contributed by atoms with Crippen LogP contribution in [0.1, 0.15) is 40.4 Å². The third-order valence-corrected chi connectivity index (χ3v) is 6.38. The third kappa shape index (κ3) is 4.33. The van der Waals surface area contributed by atoms with E-state index in [0.717, 1.165) is 0 Å². The Labute approximate surface area is 227 Å². The van der Waals surface area contributed by atoms with E-state index in [2.05, 4.69) is 32.3 Å². The summed E-state index contributed by atoms with van der Waals surface area (Å²) in [4.78, 5) is 36.6. The lowest BCUT2D eigenvalue weighted by Crippen LogP contribution is -2.31. The monoisotopic (exact) mass is 529 g/mol. The van der Waals surface area contributed by atoms with Gasteiger partial charge in [-0.15, -0.1) is 5.10 Å². The summed E-state index contributed by atoms with van der Waals surface area (Å²) < 4.78 is 4.58. The zero-order chi connectivity index (χ0) is 27.8. The number of anilines is 1. The number of rotatable bonds is 4. The van der Waals surface area contributed by atoms with E-state index in [4.69, 9.17) is 10.7 Å². The van der Waals surface area contributed by atoms with Gasteiger partial charge in [0, 0.05) is 25.6 Å². The number of fused-ring (bicyclic) bond motifs is 2. The SMILES string of the molecule is C[C@@H](NC(=O)c1c(N)nn2cccnc12)c1nc2cccc(C#Cc3ccn(C)n3)n2c(=O)c1-c1ccccc1. The van der Waals surface area contributed by atoms with Gasteiger partial charge in [0.2, 0.25) is 0 Å². The van der Waals surface area contributed by atoms with Gasteiger partial charge in [0.25, 0.3) is 11.5 Å². The largest absolute Gasteiger partial charge is 0.381 e. The molecule has 3 N–H and O–H groups in total. The van der Waals surface area contributed by atoms with Crippen LogP contribution in [0.25, 0.3) is 22.4 Å². The highest BCUT2D eigenvalue weighted by molar-refractivity contribution is 6.04. The van der Waals surface area contributed by atoms with E-state index in [1.165, 1.54) is 8.92 Å². The van der Waals surface area contributed by atoms with Crippen molar-refractivity contribution in [2.24, 2.45) is 7.05 Å². The van der Waals surface area contributed by atoms with Crippen molar-refractivity contribution in [3.8, 4) is 23.0 Å². The van der Waals surface area contributed by atoms with Gasteiger partial charge in [-0.3, -0.25) is 18.7 Å².